The van der Waals surface area contributed by atoms with Gasteiger partial charge in [0.1, 0.15) is 5.69 Å². The van der Waals surface area contributed by atoms with E-state index in [9.17, 15) is 14.4 Å². The molecule has 2 aromatic heterocycles. The Kier molecular flexibility index (Phi) is 5.56. The van der Waals surface area contributed by atoms with Gasteiger partial charge in [0.05, 0.1) is 11.7 Å². The van der Waals surface area contributed by atoms with E-state index in [1.54, 1.807) is 53.5 Å². The first kappa shape index (κ1) is 19.4. The molecule has 0 radical (unpaired) electrons. The maximum Gasteiger partial charge on any atom is 0.268 e. The molecule has 0 spiro atoms. The van der Waals surface area contributed by atoms with Crippen molar-refractivity contribution in [2.75, 3.05) is 11.9 Å². The number of hydrogen-bond donors (Lipinski definition) is 3. The molecule has 1 aliphatic rings. The van der Waals surface area contributed by atoms with Crippen LogP contribution in [-0.4, -0.2) is 33.8 Å². The van der Waals surface area contributed by atoms with Crippen LogP contribution in [0.3, 0.4) is 0 Å². The molecule has 0 bridgehead atoms. The van der Waals surface area contributed by atoms with Gasteiger partial charge in [-0.25, -0.2) is 0 Å². The van der Waals surface area contributed by atoms with Crippen molar-refractivity contribution >= 4 is 23.4 Å². The van der Waals surface area contributed by atoms with Gasteiger partial charge in [-0.05, 0) is 29.8 Å². The van der Waals surface area contributed by atoms with Gasteiger partial charge in [0.25, 0.3) is 11.8 Å². The van der Waals surface area contributed by atoms with Gasteiger partial charge in [0, 0.05) is 43.7 Å². The van der Waals surface area contributed by atoms with Crippen LogP contribution in [0.1, 0.15) is 38.9 Å². The Morgan fingerprint density at radius 1 is 1.17 bits per heavy atom. The maximum absolute atomic E-state index is 12.4. The molecule has 0 saturated carbocycles. The topological polar surface area (TPSA) is 105 Å². The predicted molar refractivity (Wildman–Crippen MR) is 111 cm³/mol. The predicted octanol–water partition coefficient (Wildman–Crippen LogP) is 2.13. The average molecular weight is 403 g/mol. The Labute approximate surface area is 173 Å². The van der Waals surface area contributed by atoms with Crippen LogP contribution in [-0.2, 0) is 11.3 Å². The molecule has 0 fully saturated rings. The van der Waals surface area contributed by atoms with E-state index >= 15 is 0 Å². The van der Waals surface area contributed by atoms with Gasteiger partial charge in [-0.2, -0.15) is 0 Å². The summed E-state index contributed by atoms with van der Waals surface area (Å²) in [5.41, 5.74) is 2.36. The lowest BCUT2D eigenvalue weighted by Gasteiger charge is -2.26. The fourth-order valence-corrected chi connectivity index (χ4v) is 3.38. The lowest BCUT2D eigenvalue weighted by molar-refractivity contribution is -0.122. The second-order valence-corrected chi connectivity index (χ2v) is 7.05. The Morgan fingerprint density at radius 2 is 2.00 bits per heavy atom. The molecule has 4 rings (SSSR count). The van der Waals surface area contributed by atoms with Gasteiger partial charge in [-0.3, -0.25) is 19.4 Å². The number of nitrogens with one attached hydrogen (secondary N) is 3. The molecular weight excluding hydrogens is 382 g/mol. The SMILES string of the molecule is O=C(CC1CNC(=O)c2cc(NC(=O)c3ccccc3)cn21)NCc1cccnc1. The van der Waals surface area contributed by atoms with Gasteiger partial charge in [0.15, 0.2) is 0 Å². The second-order valence-electron chi connectivity index (χ2n) is 7.05. The minimum atomic E-state index is -0.260. The highest BCUT2D eigenvalue weighted by Crippen LogP contribution is 2.25. The summed E-state index contributed by atoms with van der Waals surface area (Å²) in [5.74, 6) is -0.624. The number of nitrogens with zero attached hydrogens (tertiary/aromatic N) is 2. The molecule has 3 aromatic rings. The summed E-state index contributed by atoms with van der Waals surface area (Å²) in [5, 5.41) is 8.49. The smallest absolute Gasteiger partial charge is 0.268 e. The van der Waals surface area contributed by atoms with Crippen molar-refractivity contribution in [1.82, 2.24) is 20.2 Å². The highest BCUT2D eigenvalue weighted by molar-refractivity contribution is 6.05. The summed E-state index contributed by atoms with van der Waals surface area (Å²) in [4.78, 5) is 41.1. The van der Waals surface area contributed by atoms with Gasteiger partial charge in [0.2, 0.25) is 5.91 Å². The van der Waals surface area contributed by atoms with E-state index in [0.29, 0.717) is 30.0 Å². The van der Waals surface area contributed by atoms with Gasteiger partial charge in [-0.1, -0.05) is 24.3 Å². The first-order chi connectivity index (χ1) is 14.6. The van der Waals surface area contributed by atoms with Crippen LogP contribution in [0.25, 0.3) is 0 Å². The number of rotatable bonds is 6. The van der Waals surface area contributed by atoms with Crippen LogP contribution in [0.15, 0.2) is 67.1 Å². The van der Waals surface area contributed by atoms with Gasteiger partial charge < -0.3 is 20.5 Å². The zero-order valence-electron chi connectivity index (χ0n) is 16.2. The Bertz CT molecular complexity index is 1060. The minimum Gasteiger partial charge on any atom is -0.352 e. The number of anilines is 1. The lowest BCUT2D eigenvalue weighted by atomic mass is 10.1. The Morgan fingerprint density at radius 3 is 2.77 bits per heavy atom. The van der Waals surface area contributed by atoms with E-state index in [1.165, 1.54) is 0 Å². The quantitative estimate of drug-likeness (QED) is 0.586. The zero-order chi connectivity index (χ0) is 20.9. The molecule has 30 heavy (non-hydrogen) atoms. The van der Waals surface area contributed by atoms with Crippen molar-refractivity contribution in [3.8, 4) is 0 Å². The number of carbonyl (C=O) groups excluding carboxylic acids is 3. The normalized spacial score (nSPS) is 15.1. The highest BCUT2D eigenvalue weighted by atomic mass is 16.2. The molecule has 3 N–H and O–H groups in total. The van der Waals surface area contributed by atoms with Crippen molar-refractivity contribution in [3.05, 3.63) is 83.9 Å². The molecule has 3 amide bonds. The molecule has 0 aliphatic carbocycles. The molecule has 1 atom stereocenters. The van der Waals surface area contributed by atoms with E-state index in [-0.39, 0.29) is 30.2 Å². The molecule has 1 unspecified atom stereocenters. The average Bonchev–Trinajstić information content (AvgIpc) is 3.20. The molecule has 152 valence electrons. The molecule has 0 saturated heterocycles. The standard InChI is InChI=1S/C22H21N5O3/c28-20(24-12-15-5-4-8-23-11-15)10-18-13-25-22(30)19-9-17(14-27(18)19)26-21(29)16-6-2-1-3-7-16/h1-9,11,14,18H,10,12-13H2,(H,24,28)(H,25,30)(H,26,29). The van der Waals surface area contributed by atoms with Crippen molar-refractivity contribution in [1.29, 1.82) is 0 Å². The first-order valence-electron chi connectivity index (χ1n) is 9.62. The van der Waals surface area contributed by atoms with Crippen molar-refractivity contribution in [2.45, 2.75) is 19.0 Å². The number of hydrogen-bond acceptors (Lipinski definition) is 4. The third kappa shape index (κ3) is 4.38. The molecule has 8 nitrogen and oxygen atoms in total. The lowest BCUT2D eigenvalue weighted by Crippen LogP contribution is -2.40. The van der Waals surface area contributed by atoms with Crippen molar-refractivity contribution < 1.29 is 14.4 Å². The summed E-state index contributed by atoms with van der Waals surface area (Å²) >= 11 is 0. The fourth-order valence-electron chi connectivity index (χ4n) is 3.38. The number of fused-ring (bicyclic) bond motifs is 1. The number of carbonyl (C=O) groups is 3. The van der Waals surface area contributed by atoms with E-state index in [1.807, 2.05) is 18.2 Å². The first-order valence-corrected chi connectivity index (χ1v) is 9.62. The molecule has 1 aromatic carbocycles. The van der Waals surface area contributed by atoms with E-state index in [0.717, 1.165) is 5.56 Å². The Balaban J connectivity index is 1.43. The second kappa shape index (κ2) is 8.60. The minimum absolute atomic E-state index is 0.130. The summed E-state index contributed by atoms with van der Waals surface area (Å²) < 4.78 is 1.75. The highest BCUT2D eigenvalue weighted by Gasteiger charge is 2.27. The summed E-state index contributed by atoms with van der Waals surface area (Å²) in [7, 11) is 0. The summed E-state index contributed by atoms with van der Waals surface area (Å²) in [6.45, 7) is 0.732. The molecule has 3 heterocycles. The van der Waals surface area contributed by atoms with Crippen LogP contribution in [0.4, 0.5) is 5.69 Å². The number of pyridine rings is 1. The number of amides is 3. The van der Waals surface area contributed by atoms with Gasteiger partial charge in [-0.15, -0.1) is 0 Å². The Hall–Kier alpha value is -3.94. The van der Waals surface area contributed by atoms with E-state index < -0.39 is 0 Å². The molecule has 1 aliphatic heterocycles. The molecule has 8 heteroatoms. The van der Waals surface area contributed by atoms with Gasteiger partial charge >= 0.3 is 0 Å². The number of aromatic nitrogens is 2. The van der Waals surface area contributed by atoms with Crippen LogP contribution in [0.2, 0.25) is 0 Å². The summed E-state index contributed by atoms with van der Waals surface area (Å²) in [6.07, 6.45) is 5.28. The zero-order valence-corrected chi connectivity index (χ0v) is 16.2. The van der Waals surface area contributed by atoms with E-state index in [4.69, 9.17) is 0 Å². The van der Waals surface area contributed by atoms with Crippen LogP contribution in [0, 0.1) is 0 Å². The van der Waals surface area contributed by atoms with Crippen LogP contribution >= 0.6 is 0 Å². The third-order valence-electron chi connectivity index (χ3n) is 4.90. The fraction of sp³-hybridized carbons (Fsp3) is 0.182. The summed E-state index contributed by atoms with van der Waals surface area (Å²) in [6, 6.07) is 13.9. The van der Waals surface area contributed by atoms with Crippen LogP contribution in [0.5, 0.6) is 0 Å². The number of benzene rings is 1. The maximum atomic E-state index is 12.4. The third-order valence-corrected chi connectivity index (χ3v) is 4.90. The largest absolute Gasteiger partial charge is 0.352 e. The van der Waals surface area contributed by atoms with Crippen LogP contribution < -0.4 is 16.0 Å². The molecular formula is C22H21N5O3. The van der Waals surface area contributed by atoms with E-state index in [2.05, 4.69) is 20.9 Å². The van der Waals surface area contributed by atoms with Crippen molar-refractivity contribution in [2.24, 2.45) is 0 Å². The van der Waals surface area contributed by atoms with Crippen molar-refractivity contribution in [3.63, 3.8) is 0 Å². The monoisotopic (exact) mass is 403 g/mol.